The molecule has 2 aliphatic rings. The molecule has 3 aromatic heterocycles. The van der Waals surface area contributed by atoms with E-state index in [0.29, 0.717) is 41.9 Å². The number of carbonyl (C=O) groups is 1. The number of sulfonamides is 1. The van der Waals surface area contributed by atoms with Crippen molar-refractivity contribution < 1.29 is 17.9 Å². The number of aromatic nitrogens is 5. The molecule has 41 heavy (non-hydrogen) atoms. The lowest BCUT2D eigenvalue weighted by Gasteiger charge is -2.17. The molecule has 1 aliphatic carbocycles. The summed E-state index contributed by atoms with van der Waals surface area (Å²) >= 11 is 6.30. The molecule has 4 heterocycles. The Balaban J connectivity index is 1.18. The number of hydrogen-bond acceptors (Lipinski definition) is 8. The van der Waals surface area contributed by atoms with Crippen LogP contribution in [-0.2, 0) is 16.6 Å². The Hall–Kier alpha value is -2.96. The Morgan fingerprint density at radius 3 is 2.71 bits per heavy atom. The molecule has 0 bridgehead atoms. The van der Waals surface area contributed by atoms with Crippen molar-refractivity contribution >= 4 is 27.5 Å². The topological polar surface area (TPSA) is 133 Å². The second kappa shape index (κ2) is 11.4. The molecule has 1 amide bonds. The van der Waals surface area contributed by atoms with Gasteiger partial charge in [-0.2, -0.15) is 5.10 Å². The molecule has 0 radical (unpaired) electrons. The summed E-state index contributed by atoms with van der Waals surface area (Å²) in [6.07, 6.45) is 9.43. The number of carbonyl (C=O) groups excluding carboxylic acids is 1. The minimum Gasteiger partial charge on any atom is -0.477 e. The molecule has 1 unspecified atom stereocenters. The van der Waals surface area contributed by atoms with Gasteiger partial charge in [-0.1, -0.05) is 18.5 Å². The van der Waals surface area contributed by atoms with Crippen LogP contribution in [0.4, 0.5) is 0 Å². The lowest BCUT2D eigenvalue weighted by Crippen LogP contribution is -2.31. The van der Waals surface area contributed by atoms with E-state index in [-0.39, 0.29) is 21.2 Å². The second-order valence-electron chi connectivity index (χ2n) is 12.2. The maximum absolute atomic E-state index is 13.1. The lowest BCUT2D eigenvalue weighted by molar-refractivity contribution is 0.0981. The normalized spacial score (nSPS) is 19.3. The third-order valence-corrected chi connectivity index (χ3v) is 9.88. The molecule has 1 atom stereocenters. The largest absolute Gasteiger partial charge is 0.477 e. The molecule has 1 aliphatic heterocycles. The van der Waals surface area contributed by atoms with Crippen molar-refractivity contribution in [2.24, 2.45) is 11.3 Å². The summed E-state index contributed by atoms with van der Waals surface area (Å²) in [4.78, 5) is 17.1. The highest BCUT2D eigenvalue weighted by molar-refractivity contribution is 7.90. The number of halogens is 1. The average molecular weight is 604 g/mol. The number of amides is 1. The van der Waals surface area contributed by atoms with Crippen LogP contribution < -0.4 is 14.8 Å². The molecule has 222 valence electrons. The van der Waals surface area contributed by atoms with Crippen molar-refractivity contribution in [2.75, 3.05) is 13.2 Å². The SMILES string of the molecule is Cc1c(S(=O)(=O)NC(=O)c2ccc(-n3ccc(OCCC4(C)CC4)n3)nc2Cl)cnn1CCCC1CNC(C)(C)C1. The summed E-state index contributed by atoms with van der Waals surface area (Å²) in [6.45, 7) is 10.5. The molecule has 1 saturated heterocycles. The van der Waals surface area contributed by atoms with E-state index in [1.165, 1.54) is 29.8 Å². The summed E-state index contributed by atoms with van der Waals surface area (Å²) in [5.74, 6) is 0.552. The monoisotopic (exact) mass is 603 g/mol. The van der Waals surface area contributed by atoms with Crippen LogP contribution in [0.2, 0.25) is 5.15 Å². The fourth-order valence-electron chi connectivity index (χ4n) is 5.27. The van der Waals surface area contributed by atoms with E-state index in [9.17, 15) is 13.2 Å². The molecule has 5 rings (SSSR count). The number of nitrogens with zero attached hydrogens (tertiary/aromatic N) is 5. The van der Waals surface area contributed by atoms with Crippen LogP contribution in [0.25, 0.3) is 5.82 Å². The van der Waals surface area contributed by atoms with E-state index < -0.39 is 15.9 Å². The summed E-state index contributed by atoms with van der Waals surface area (Å²) in [5, 5.41) is 12.0. The second-order valence-corrected chi connectivity index (χ2v) is 14.3. The first-order valence-electron chi connectivity index (χ1n) is 14.0. The highest BCUT2D eigenvalue weighted by atomic mass is 35.5. The quantitative estimate of drug-likeness (QED) is 0.293. The molecular formula is C28H38ClN7O4S. The van der Waals surface area contributed by atoms with Gasteiger partial charge in [-0.25, -0.2) is 22.8 Å². The highest BCUT2D eigenvalue weighted by Crippen LogP contribution is 2.47. The summed E-state index contributed by atoms with van der Waals surface area (Å²) in [7, 11) is -4.18. The van der Waals surface area contributed by atoms with Crippen LogP contribution in [0, 0.1) is 18.3 Å². The molecule has 1 saturated carbocycles. The van der Waals surface area contributed by atoms with Gasteiger partial charge in [0, 0.05) is 24.3 Å². The molecule has 2 N–H and O–H groups in total. The first-order valence-corrected chi connectivity index (χ1v) is 15.9. The highest BCUT2D eigenvalue weighted by Gasteiger charge is 2.36. The third-order valence-electron chi connectivity index (χ3n) is 8.16. The Bertz CT molecular complexity index is 1530. The van der Waals surface area contributed by atoms with Gasteiger partial charge in [0.1, 0.15) is 10.0 Å². The molecule has 11 nitrogen and oxygen atoms in total. The van der Waals surface area contributed by atoms with Crippen molar-refractivity contribution in [3.63, 3.8) is 0 Å². The fourth-order valence-corrected chi connectivity index (χ4v) is 6.65. The molecular weight excluding hydrogens is 566 g/mol. The summed E-state index contributed by atoms with van der Waals surface area (Å²) in [5.41, 5.74) is 0.956. The van der Waals surface area contributed by atoms with Gasteiger partial charge in [-0.3, -0.25) is 9.48 Å². The standard InChI is InChI=1S/C28H38ClN7O4S/c1-19-22(18-31-35(19)13-5-6-20-16-27(2,3)30-17-20)41(38,39)34-26(37)21-7-8-23(32-25(21)29)36-14-9-24(33-36)40-15-12-28(4)10-11-28/h7-9,14,18,20,30H,5-6,10-13,15-17H2,1-4H3,(H,34,37). The van der Waals surface area contributed by atoms with Gasteiger partial charge >= 0.3 is 0 Å². The van der Waals surface area contributed by atoms with Crippen LogP contribution >= 0.6 is 11.6 Å². The number of nitrogens with one attached hydrogen (secondary N) is 2. The van der Waals surface area contributed by atoms with Gasteiger partial charge in [0.05, 0.1) is 24.1 Å². The zero-order valence-electron chi connectivity index (χ0n) is 24.0. The van der Waals surface area contributed by atoms with E-state index in [1.54, 1.807) is 29.9 Å². The van der Waals surface area contributed by atoms with Crippen molar-refractivity contribution in [2.45, 2.75) is 83.2 Å². The zero-order valence-corrected chi connectivity index (χ0v) is 25.6. The summed E-state index contributed by atoms with van der Waals surface area (Å²) in [6, 6.07) is 4.69. The van der Waals surface area contributed by atoms with Crippen LogP contribution in [0.15, 0.2) is 35.5 Å². The predicted octanol–water partition coefficient (Wildman–Crippen LogP) is 4.28. The van der Waals surface area contributed by atoms with Crippen molar-refractivity contribution in [1.29, 1.82) is 0 Å². The van der Waals surface area contributed by atoms with E-state index in [2.05, 4.69) is 46.0 Å². The first-order chi connectivity index (χ1) is 19.3. The van der Waals surface area contributed by atoms with Gasteiger partial charge in [-0.05, 0) is 89.3 Å². The fraction of sp³-hybridized carbons (Fsp3) is 0.571. The number of ether oxygens (including phenoxy) is 1. The minimum absolute atomic E-state index is 0.0463. The van der Waals surface area contributed by atoms with E-state index >= 15 is 0 Å². The van der Waals surface area contributed by atoms with Gasteiger partial charge in [0.25, 0.3) is 15.9 Å². The van der Waals surface area contributed by atoms with Gasteiger partial charge in [0.15, 0.2) is 5.82 Å². The molecule has 2 fully saturated rings. The van der Waals surface area contributed by atoms with Crippen molar-refractivity contribution in [3.05, 3.63) is 47.0 Å². The maximum Gasteiger partial charge on any atom is 0.268 e. The van der Waals surface area contributed by atoms with Crippen LogP contribution in [-0.4, -0.2) is 57.6 Å². The minimum atomic E-state index is -4.18. The van der Waals surface area contributed by atoms with E-state index in [1.807, 2.05) is 0 Å². The van der Waals surface area contributed by atoms with Crippen molar-refractivity contribution in [3.8, 4) is 11.7 Å². The van der Waals surface area contributed by atoms with Crippen LogP contribution in [0.3, 0.4) is 0 Å². The Labute approximate surface area is 246 Å². The number of pyridine rings is 1. The number of rotatable bonds is 12. The molecule has 3 aromatic rings. The molecule has 0 spiro atoms. The Kier molecular flexibility index (Phi) is 8.19. The smallest absolute Gasteiger partial charge is 0.268 e. The maximum atomic E-state index is 13.1. The van der Waals surface area contributed by atoms with Crippen molar-refractivity contribution in [1.82, 2.24) is 34.6 Å². The van der Waals surface area contributed by atoms with Crippen LogP contribution in [0.5, 0.6) is 5.88 Å². The first kappa shape index (κ1) is 29.5. The van der Waals surface area contributed by atoms with Crippen LogP contribution in [0.1, 0.15) is 75.3 Å². The van der Waals surface area contributed by atoms with Gasteiger partial charge < -0.3 is 10.1 Å². The van der Waals surface area contributed by atoms with Gasteiger partial charge in [-0.15, -0.1) is 5.10 Å². The number of hydrogen-bond donors (Lipinski definition) is 2. The predicted molar refractivity (Wildman–Crippen MR) is 155 cm³/mol. The summed E-state index contributed by atoms with van der Waals surface area (Å²) < 4.78 is 37.2. The Morgan fingerprint density at radius 2 is 2.02 bits per heavy atom. The van der Waals surface area contributed by atoms with E-state index in [4.69, 9.17) is 16.3 Å². The number of aryl methyl sites for hydroxylation is 1. The van der Waals surface area contributed by atoms with E-state index in [0.717, 1.165) is 32.2 Å². The zero-order chi connectivity index (χ0) is 29.4. The molecule has 13 heteroatoms. The lowest BCUT2D eigenvalue weighted by atomic mass is 9.94. The third kappa shape index (κ3) is 7.10. The Morgan fingerprint density at radius 1 is 1.24 bits per heavy atom. The van der Waals surface area contributed by atoms with Gasteiger partial charge in [0.2, 0.25) is 5.88 Å². The average Bonchev–Trinajstić information content (AvgIpc) is 3.21. The molecule has 0 aromatic carbocycles.